The Morgan fingerprint density at radius 3 is 2.48 bits per heavy atom. The number of carbonyl (C=O) groups excluding carboxylic acids is 2. The SMILES string of the molecule is CCCNC(=O)c1ccccc1NC(=O)c1ccc([N+](=O)[O-])cc1Cl. The summed E-state index contributed by atoms with van der Waals surface area (Å²) in [6.45, 7) is 2.46. The number of nitrogens with one attached hydrogen (secondary N) is 2. The van der Waals surface area contributed by atoms with Gasteiger partial charge >= 0.3 is 0 Å². The van der Waals surface area contributed by atoms with E-state index in [0.717, 1.165) is 12.5 Å². The van der Waals surface area contributed by atoms with Crippen LogP contribution in [0.3, 0.4) is 0 Å². The molecule has 2 N–H and O–H groups in total. The van der Waals surface area contributed by atoms with Crippen molar-refractivity contribution in [2.45, 2.75) is 13.3 Å². The second-order valence-corrected chi connectivity index (χ2v) is 5.58. The van der Waals surface area contributed by atoms with E-state index in [2.05, 4.69) is 10.6 Å². The van der Waals surface area contributed by atoms with E-state index in [1.165, 1.54) is 12.1 Å². The van der Waals surface area contributed by atoms with Gasteiger partial charge in [0.1, 0.15) is 0 Å². The molecule has 0 aliphatic carbocycles. The molecule has 2 amide bonds. The van der Waals surface area contributed by atoms with Crippen LogP contribution in [0.2, 0.25) is 5.02 Å². The molecule has 2 rings (SSSR count). The summed E-state index contributed by atoms with van der Waals surface area (Å²) in [5.74, 6) is -0.858. The van der Waals surface area contributed by atoms with Crippen LogP contribution in [0.4, 0.5) is 11.4 Å². The predicted molar refractivity (Wildman–Crippen MR) is 95.1 cm³/mol. The van der Waals surface area contributed by atoms with Gasteiger partial charge in [-0.1, -0.05) is 30.7 Å². The van der Waals surface area contributed by atoms with Crippen LogP contribution >= 0.6 is 11.6 Å². The smallest absolute Gasteiger partial charge is 0.270 e. The third-order valence-electron chi connectivity index (χ3n) is 3.36. The number of anilines is 1. The van der Waals surface area contributed by atoms with Crippen molar-refractivity contribution in [2.24, 2.45) is 0 Å². The molecule has 130 valence electrons. The molecule has 7 nitrogen and oxygen atoms in total. The van der Waals surface area contributed by atoms with Crippen LogP contribution in [0.25, 0.3) is 0 Å². The van der Waals surface area contributed by atoms with Gasteiger partial charge in [0.25, 0.3) is 17.5 Å². The first kappa shape index (κ1) is 18.4. The average Bonchev–Trinajstić information content (AvgIpc) is 2.59. The minimum Gasteiger partial charge on any atom is -0.352 e. The highest BCUT2D eigenvalue weighted by molar-refractivity contribution is 6.34. The predicted octanol–water partition coefficient (Wildman–Crippen LogP) is 3.64. The molecule has 0 saturated carbocycles. The van der Waals surface area contributed by atoms with Crippen molar-refractivity contribution in [1.82, 2.24) is 5.32 Å². The normalized spacial score (nSPS) is 10.2. The summed E-state index contributed by atoms with van der Waals surface area (Å²) < 4.78 is 0. The molecular weight excluding hydrogens is 346 g/mol. The highest BCUT2D eigenvalue weighted by Gasteiger charge is 2.17. The molecule has 0 fully saturated rings. The minimum absolute atomic E-state index is 0.0420. The number of hydrogen-bond donors (Lipinski definition) is 2. The molecular formula is C17H16ClN3O4. The molecule has 8 heteroatoms. The molecule has 0 saturated heterocycles. The van der Waals surface area contributed by atoms with Gasteiger partial charge in [-0.15, -0.1) is 0 Å². The fourth-order valence-electron chi connectivity index (χ4n) is 2.12. The number of nitrogens with zero attached hydrogens (tertiary/aromatic N) is 1. The Labute approximate surface area is 149 Å². The summed E-state index contributed by atoms with van der Waals surface area (Å²) in [5.41, 5.74) is 0.523. The van der Waals surface area contributed by atoms with Crippen LogP contribution in [0.15, 0.2) is 42.5 Å². The number of hydrogen-bond acceptors (Lipinski definition) is 4. The number of carbonyl (C=O) groups is 2. The quantitative estimate of drug-likeness (QED) is 0.605. The number of rotatable bonds is 6. The maximum Gasteiger partial charge on any atom is 0.270 e. The van der Waals surface area contributed by atoms with Gasteiger partial charge in [0.2, 0.25) is 0 Å². The Hall–Kier alpha value is -2.93. The lowest BCUT2D eigenvalue weighted by molar-refractivity contribution is -0.384. The summed E-state index contributed by atoms with van der Waals surface area (Å²) in [6.07, 6.45) is 0.790. The van der Waals surface area contributed by atoms with Gasteiger partial charge in [-0.05, 0) is 24.6 Å². The van der Waals surface area contributed by atoms with Crippen molar-refractivity contribution in [3.05, 3.63) is 68.7 Å². The maximum absolute atomic E-state index is 12.4. The Morgan fingerprint density at radius 2 is 1.84 bits per heavy atom. The van der Waals surface area contributed by atoms with Crippen LogP contribution < -0.4 is 10.6 Å². The molecule has 0 atom stereocenters. The fourth-order valence-corrected chi connectivity index (χ4v) is 2.38. The first-order valence-corrected chi connectivity index (χ1v) is 7.94. The van der Waals surface area contributed by atoms with E-state index in [-0.39, 0.29) is 22.2 Å². The third kappa shape index (κ3) is 4.54. The minimum atomic E-state index is -0.596. The summed E-state index contributed by atoms with van der Waals surface area (Å²) in [6, 6.07) is 10.1. The third-order valence-corrected chi connectivity index (χ3v) is 3.68. The molecule has 0 bridgehead atoms. The van der Waals surface area contributed by atoms with Crippen LogP contribution in [0.5, 0.6) is 0 Å². The molecule has 0 aliphatic heterocycles. The number of nitro benzene ring substituents is 1. The van der Waals surface area contributed by atoms with E-state index >= 15 is 0 Å². The molecule has 0 aromatic heterocycles. The molecule has 0 aliphatic rings. The molecule has 0 radical (unpaired) electrons. The number of para-hydroxylation sites is 1. The molecule has 0 heterocycles. The zero-order chi connectivity index (χ0) is 18.4. The Bertz CT molecular complexity index is 823. The van der Waals surface area contributed by atoms with Crippen molar-refractivity contribution in [3.8, 4) is 0 Å². The van der Waals surface area contributed by atoms with E-state index in [1.807, 2.05) is 6.92 Å². The molecule has 0 spiro atoms. The lowest BCUT2D eigenvalue weighted by Gasteiger charge is -2.11. The van der Waals surface area contributed by atoms with E-state index < -0.39 is 10.8 Å². The van der Waals surface area contributed by atoms with Crippen molar-refractivity contribution >= 4 is 34.8 Å². The Balaban J connectivity index is 2.24. The number of non-ortho nitro benzene ring substituents is 1. The highest BCUT2D eigenvalue weighted by Crippen LogP contribution is 2.24. The van der Waals surface area contributed by atoms with Crippen molar-refractivity contribution in [2.75, 3.05) is 11.9 Å². The van der Waals surface area contributed by atoms with Gasteiger partial charge in [-0.2, -0.15) is 0 Å². The summed E-state index contributed by atoms with van der Waals surface area (Å²) in [4.78, 5) is 34.7. The summed E-state index contributed by atoms with van der Waals surface area (Å²) in [5, 5.41) is 16.1. The first-order valence-electron chi connectivity index (χ1n) is 7.56. The van der Waals surface area contributed by atoms with Crippen molar-refractivity contribution < 1.29 is 14.5 Å². The van der Waals surface area contributed by atoms with Crippen molar-refractivity contribution in [3.63, 3.8) is 0 Å². The zero-order valence-corrected chi connectivity index (χ0v) is 14.2. The van der Waals surface area contributed by atoms with Gasteiger partial charge in [0.15, 0.2) is 0 Å². The molecule has 2 aromatic carbocycles. The lowest BCUT2D eigenvalue weighted by Crippen LogP contribution is -2.25. The van der Waals surface area contributed by atoms with Crippen LogP contribution in [0, 0.1) is 10.1 Å². The van der Waals surface area contributed by atoms with Crippen molar-refractivity contribution in [1.29, 1.82) is 0 Å². The number of benzene rings is 2. The van der Waals surface area contributed by atoms with Crippen LogP contribution in [-0.2, 0) is 0 Å². The topological polar surface area (TPSA) is 101 Å². The standard InChI is InChI=1S/C17H16ClN3O4/c1-2-9-19-16(22)13-5-3-4-6-15(13)20-17(23)12-8-7-11(21(24)25)10-14(12)18/h3-8,10H,2,9H2,1H3,(H,19,22)(H,20,23). The van der Waals surface area contributed by atoms with E-state index in [0.29, 0.717) is 17.8 Å². The fraction of sp³-hybridized carbons (Fsp3) is 0.176. The van der Waals surface area contributed by atoms with Gasteiger partial charge in [0, 0.05) is 18.7 Å². The van der Waals surface area contributed by atoms with Crippen LogP contribution in [0.1, 0.15) is 34.1 Å². The number of halogens is 1. The zero-order valence-electron chi connectivity index (χ0n) is 13.4. The van der Waals surface area contributed by atoms with Gasteiger partial charge in [-0.25, -0.2) is 0 Å². The van der Waals surface area contributed by atoms with E-state index in [1.54, 1.807) is 24.3 Å². The Morgan fingerprint density at radius 1 is 1.12 bits per heavy atom. The molecule has 0 unspecified atom stereocenters. The highest BCUT2D eigenvalue weighted by atomic mass is 35.5. The first-order chi connectivity index (χ1) is 11.9. The Kier molecular flexibility index (Phi) is 6.08. The lowest BCUT2D eigenvalue weighted by atomic mass is 10.1. The van der Waals surface area contributed by atoms with E-state index in [9.17, 15) is 19.7 Å². The van der Waals surface area contributed by atoms with E-state index in [4.69, 9.17) is 11.6 Å². The molecule has 2 aromatic rings. The summed E-state index contributed by atoms with van der Waals surface area (Å²) >= 11 is 5.96. The summed E-state index contributed by atoms with van der Waals surface area (Å²) in [7, 11) is 0. The van der Waals surface area contributed by atoms with Crippen LogP contribution in [-0.4, -0.2) is 23.3 Å². The maximum atomic E-state index is 12.4. The number of nitro groups is 1. The largest absolute Gasteiger partial charge is 0.352 e. The van der Waals surface area contributed by atoms with Gasteiger partial charge < -0.3 is 10.6 Å². The molecule has 25 heavy (non-hydrogen) atoms. The number of amides is 2. The van der Waals surface area contributed by atoms with Gasteiger partial charge in [-0.3, -0.25) is 19.7 Å². The average molecular weight is 362 g/mol. The second-order valence-electron chi connectivity index (χ2n) is 5.18. The second kappa shape index (κ2) is 8.25. The monoisotopic (exact) mass is 361 g/mol. The van der Waals surface area contributed by atoms with Gasteiger partial charge in [0.05, 0.1) is 26.8 Å².